The van der Waals surface area contributed by atoms with Crippen LogP contribution in [0.15, 0.2) is 29.2 Å². The number of nitrogens with one attached hydrogen (secondary N) is 1. The van der Waals surface area contributed by atoms with E-state index in [1.54, 1.807) is 25.2 Å². The number of carbonyl (C=O) groups excluding carboxylic acids is 1. The van der Waals surface area contributed by atoms with Crippen LogP contribution in [0.3, 0.4) is 0 Å². The summed E-state index contributed by atoms with van der Waals surface area (Å²) in [5.41, 5.74) is 0.398. The standard InChI is InChI=1S/C23H38N4O3S/c1-3-26-15-17-27(18-16-26)14-8-13-24-23(28)20-9-7-12-22(19-20)31(29,30)25(2)21-10-5-4-6-11-21/h7,9,12,19,21H,3-6,8,10-11,13-18H2,1-2H3,(H,24,28). The molecule has 1 aromatic rings. The van der Waals surface area contributed by atoms with Gasteiger partial charge in [-0.3, -0.25) is 4.79 Å². The van der Waals surface area contributed by atoms with E-state index in [1.807, 2.05) is 0 Å². The molecule has 1 saturated heterocycles. The van der Waals surface area contributed by atoms with Gasteiger partial charge in [0, 0.05) is 51.4 Å². The van der Waals surface area contributed by atoms with Crippen molar-refractivity contribution in [1.29, 1.82) is 0 Å². The number of piperazine rings is 1. The lowest BCUT2D eigenvalue weighted by molar-refractivity contribution is 0.0948. The third-order valence-electron chi connectivity index (χ3n) is 6.71. The van der Waals surface area contributed by atoms with Crippen molar-refractivity contribution in [3.63, 3.8) is 0 Å². The second kappa shape index (κ2) is 11.4. The zero-order valence-corrected chi connectivity index (χ0v) is 19.9. The molecule has 0 unspecified atom stereocenters. The quantitative estimate of drug-likeness (QED) is 0.585. The number of hydrogen-bond acceptors (Lipinski definition) is 5. The molecule has 1 aliphatic heterocycles. The Labute approximate surface area is 187 Å². The lowest BCUT2D eigenvalue weighted by atomic mass is 9.96. The maximum atomic E-state index is 13.1. The van der Waals surface area contributed by atoms with Gasteiger partial charge in [-0.25, -0.2) is 8.42 Å². The lowest BCUT2D eigenvalue weighted by Crippen LogP contribution is -2.46. The molecule has 1 aromatic carbocycles. The van der Waals surface area contributed by atoms with Gasteiger partial charge in [0.1, 0.15) is 0 Å². The molecule has 1 amide bonds. The van der Waals surface area contributed by atoms with Gasteiger partial charge in [0.15, 0.2) is 0 Å². The molecule has 0 radical (unpaired) electrons. The summed E-state index contributed by atoms with van der Waals surface area (Å²) in [7, 11) is -1.93. The first kappa shape index (κ1) is 24.2. The summed E-state index contributed by atoms with van der Waals surface area (Å²) in [6.07, 6.45) is 6.02. The van der Waals surface area contributed by atoms with E-state index in [-0.39, 0.29) is 16.8 Å². The van der Waals surface area contributed by atoms with Gasteiger partial charge in [-0.05, 0) is 50.6 Å². The minimum absolute atomic E-state index is 0.0513. The maximum absolute atomic E-state index is 13.1. The van der Waals surface area contributed by atoms with Crippen LogP contribution in [0.5, 0.6) is 0 Å². The molecular formula is C23H38N4O3S. The Morgan fingerprint density at radius 2 is 1.77 bits per heavy atom. The Morgan fingerprint density at radius 1 is 1.10 bits per heavy atom. The van der Waals surface area contributed by atoms with Crippen LogP contribution in [0, 0.1) is 0 Å². The van der Waals surface area contributed by atoms with Gasteiger partial charge in [-0.15, -0.1) is 0 Å². The average Bonchev–Trinajstić information content (AvgIpc) is 2.82. The third-order valence-corrected chi connectivity index (χ3v) is 8.62. The zero-order valence-electron chi connectivity index (χ0n) is 19.1. The van der Waals surface area contributed by atoms with E-state index in [0.717, 1.165) is 71.4 Å². The summed E-state index contributed by atoms with van der Waals surface area (Å²) in [4.78, 5) is 17.7. The van der Waals surface area contributed by atoms with Gasteiger partial charge < -0.3 is 15.1 Å². The summed E-state index contributed by atoms with van der Waals surface area (Å²) in [6, 6.07) is 6.48. The van der Waals surface area contributed by atoms with Gasteiger partial charge in [-0.2, -0.15) is 4.31 Å². The topological polar surface area (TPSA) is 73.0 Å². The smallest absolute Gasteiger partial charge is 0.251 e. The van der Waals surface area contributed by atoms with Crippen LogP contribution in [0.1, 0.15) is 55.8 Å². The van der Waals surface area contributed by atoms with Crippen LogP contribution in [0.2, 0.25) is 0 Å². The highest BCUT2D eigenvalue weighted by atomic mass is 32.2. The molecule has 8 heteroatoms. The third kappa shape index (κ3) is 6.51. The molecule has 174 valence electrons. The van der Waals surface area contributed by atoms with E-state index < -0.39 is 10.0 Å². The van der Waals surface area contributed by atoms with Crippen molar-refractivity contribution in [2.45, 2.75) is 56.4 Å². The number of amides is 1. The number of nitrogens with zero attached hydrogens (tertiary/aromatic N) is 3. The summed E-state index contributed by atoms with van der Waals surface area (Å²) in [6.45, 7) is 9.24. The van der Waals surface area contributed by atoms with Crippen LogP contribution < -0.4 is 5.32 Å². The molecule has 3 rings (SSSR count). The fourth-order valence-electron chi connectivity index (χ4n) is 4.54. The molecule has 0 atom stereocenters. The van der Waals surface area contributed by atoms with E-state index in [9.17, 15) is 13.2 Å². The first-order chi connectivity index (χ1) is 14.9. The van der Waals surface area contributed by atoms with Gasteiger partial charge in [-0.1, -0.05) is 32.3 Å². The highest BCUT2D eigenvalue weighted by Gasteiger charge is 2.29. The van der Waals surface area contributed by atoms with Crippen molar-refractivity contribution < 1.29 is 13.2 Å². The van der Waals surface area contributed by atoms with Gasteiger partial charge in [0.05, 0.1) is 4.90 Å². The number of likely N-dealkylation sites (N-methyl/N-ethyl adjacent to an activating group) is 1. The number of rotatable bonds is 9. The first-order valence-corrected chi connectivity index (χ1v) is 13.2. The van der Waals surface area contributed by atoms with Crippen LogP contribution in [0.4, 0.5) is 0 Å². The van der Waals surface area contributed by atoms with Crippen LogP contribution in [0.25, 0.3) is 0 Å². The fraction of sp³-hybridized carbons (Fsp3) is 0.696. The molecule has 7 nitrogen and oxygen atoms in total. The molecule has 1 aliphatic carbocycles. The highest BCUT2D eigenvalue weighted by molar-refractivity contribution is 7.89. The Bertz CT molecular complexity index is 816. The molecule has 0 aromatic heterocycles. The SMILES string of the molecule is CCN1CCN(CCCNC(=O)c2cccc(S(=O)(=O)N(C)C3CCCCC3)c2)CC1. The van der Waals surface area contributed by atoms with E-state index >= 15 is 0 Å². The van der Waals surface area contributed by atoms with Crippen molar-refractivity contribution in [3.8, 4) is 0 Å². The largest absolute Gasteiger partial charge is 0.352 e. The van der Waals surface area contributed by atoms with Crippen LogP contribution >= 0.6 is 0 Å². The van der Waals surface area contributed by atoms with Gasteiger partial charge in [0.25, 0.3) is 5.91 Å². The Morgan fingerprint density at radius 3 is 2.45 bits per heavy atom. The van der Waals surface area contributed by atoms with Crippen molar-refractivity contribution in [3.05, 3.63) is 29.8 Å². The fourth-order valence-corrected chi connectivity index (χ4v) is 6.00. The second-order valence-corrected chi connectivity index (χ2v) is 10.7. The molecule has 0 spiro atoms. The number of carbonyl (C=O) groups is 1. The number of sulfonamides is 1. The number of hydrogen-bond donors (Lipinski definition) is 1. The molecule has 1 N–H and O–H groups in total. The summed E-state index contributed by atoms with van der Waals surface area (Å²) in [5.74, 6) is -0.215. The molecule has 1 saturated carbocycles. The van der Waals surface area contributed by atoms with E-state index in [0.29, 0.717) is 12.1 Å². The molecule has 2 aliphatic rings. The lowest BCUT2D eigenvalue weighted by Gasteiger charge is -2.33. The van der Waals surface area contributed by atoms with Gasteiger partial charge in [0.2, 0.25) is 10.0 Å². The predicted molar refractivity (Wildman–Crippen MR) is 124 cm³/mol. The second-order valence-electron chi connectivity index (χ2n) is 8.73. The normalized spacial score (nSPS) is 19.6. The van der Waals surface area contributed by atoms with Crippen LogP contribution in [-0.4, -0.2) is 87.3 Å². The minimum atomic E-state index is -3.60. The highest BCUT2D eigenvalue weighted by Crippen LogP contribution is 2.26. The van der Waals surface area contributed by atoms with Crippen molar-refractivity contribution in [2.75, 3.05) is 52.9 Å². The minimum Gasteiger partial charge on any atom is -0.352 e. The van der Waals surface area contributed by atoms with Crippen LogP contribution in [-0.2, 0) is 10.0 Å². The van der Waals surface area contributed by atoms with E-state index in [1.165, 1.54) is 16.8 Å². The molecule has 31 heavy (non-hydrogen) atoms. The Kier molecular flexibility index (Phi) is 8.89. The average molecular weight is 451 g/mol. The predicted octanol–water partition coefficient (Wildman–Crippen LogP) is 2.40. The van der Waals surface area contributed by atoms with Crippen molar-refractivity contribution in [2.24, 2.45) is 0 Å². The van der Waals surface area contributed by atoms with Crippen molar-refractivity contribution in [1.82, 2.24) is 19.4 Å². The maximum Gasteiger partial charge on any atom is 0.251 e. The molecule has 2 fully saturated rings. The molecular weight excluding hydrogens is 412 g/mol. The van der Waals surface area contributed by atoms with Crippen molar-refractivity contribution >= 4 is 15.9 Å². The Balaban J connectivity index is 1.50. The number of benzene rings is 1. The zero-order chi connectivity index (χ0) is 22.3. The van der Waals surface area contributed by atoms with E-state index in [2.05, 4.69) is 22.0 Å². The summed E-state index contributed by atoms with van der Waals surface area (Å²) in [5, 5.41) is 2.95. The molecule has 1 heterocycles. The Hall–Kier alpha value is -1.48. The van der Waals surface area contributed by atoms with Gasteiger partial charge >= 0.3 is 0 Å². The monoisotopic (exact) mass is 450 g/mol. The summed E-state index contributed by atoms with van der Waals surface area (Å²) >= 11 is 0. The summed E-state index contributed by atoms with van der Waals surface area (Å²) < 4.78 is 27.6. The first-order valence-electron chi connectivity index (χ1n) is 11.7. The molecule has 0 bridgehead atoms. The van der Waals surface area contributed by atoms with E-state index in [4.69, 9.17) is 0 Å².